The van der Waals surface area contributed by atoms with Crippen LogP contribution in [-0.4, -0.2) is 60.9 Å². The summed E-state index contributed by atoms with van der Waals surface area (Å²) >= 11 is 0. The first-order valence-corrected chi connectivity index (χ1v) is 10.7. The Morgan fingerprint density at radius 3 is 2.84 bits per heavy atom. The molecule has 1 aliphatic carbocycles. The quantitative estimate of drug-likeness (QED) is 0.196. The smallest absolute Gasteiger partial charge is 0.174 e. The molecule has 1 aromatic heterocycles. The lowest BCUT2D eigenvalue weighted by Crippen LogP contribution is -2.31. The fourth-order valence-electron chi connectivity index (χ4n) is 3.92. The number of para-hydroxylation sites is 1. The van der Waals surface area contributed by atoms with Crippen molar-refractivity contribution in [3.05, 3.63) is 60.5 Å². The number of aliphatic hydroxyl groups is 2. The van der Waals surface area contributed by atoms with E-state index in [1.807, 2.05) is 36.4 Å². The van der Waals surface area contributed by atoms with Gasteiger partial charge in [-0.25, -0.2) is 5.48 Å². The third kappa shape index (κ3) is 7.25. The monoisotopic (exact) mass is 429 g/mol. The maximum absolute atomic E-state index is 10.5. The van der Waals surface area contributed by atoms with Crippen LogP contribution in [0.4, 0.5) is 0 Å². The number of aromatic nitrogens is 4. The molecule has 1 aromatic carbocycles. The zero-order valence-electron chi connectivity index (χ0n) is 17.4. The average molecular weight is 430 g/mol. The Labute approximate surface area is 181 Å². The Hall–Kier alpha value is -2.59. The van der Waals surface area contributed by atoms with Crippen molar-refractivity contribution < 1.29 is 20.2 Å². The van der Waals surface area contributed by atoms with E-state index in [0.29, 0.717) is 24.4 Å². The Balaban J connectivity index is 1.47. The maximum atomic E-state index is 10.5. The van der Waals surface area contributed by atoms with Gasteiger partial charge in [-0.05, 0) is 43.7 Å². The maximum Gasteiger partial charge on any atom is 0.174 e. The lowest BCUT2D eigenvalue weighted by atomic mass is 9.89. The molecule has 0 radical (unpaired) electrons. The molecule has 168 valence electrons. The lowest BCUT2D eigenvalue weighted by Gasteiger charge is -2.21. The van der Waals surface area contributed by atoms with E-state index >= 15 is 0 Å². The Morgan fingerprint density at radius 1 is 1.26 bits per heavy atom. The number of hydroxylamine groups is 1. The van der Waals surface area contributed by atoms with Gasteiger partial charge in [0.2, 0.25) is 0 Å². The number of hydrogen-bond donors (Lipinski definition) is 5. The van der Waals surface area contributed by atoms with Crippen LogP contribution >= 0.6 is 0 Å². The molecular weight excluding hydrogens is 398 g/mol. The Bertz CT molecular complexity index is 799. The molecule has 5 N–H and O–H groups in total. The molecule has 0 bridgehead atoms. The molecule has 0 amide bonds. The fraction of sp³-hybridized carbons (Fsp3) is 0.500. The third-order valence-corrected chi connectivity index (χ3v) is 5.57. The SMILES string of the molecule is ONC1C[C@H](O)C(C/C=C\CCCc2nn[nH]n2)[C@H]1/C=C/C(O)COc1ccccc1. The van der Waals surface area contributed by atoms with Gasteiger partial charge in [0, 0.05) is 18.4 Å². The van der Waals surface area contributed by atoms with Crippen molar-refractivity contribution in [1.29, 1.82) is 0 Å². The van der Waals surface area contributed by atoms with Gasteiger partial charge in [-0.15, -0.1) is 10.2 Å². The van der Waals surface area contributed by atoms with Crippen molar-refractivity contribution in [2.24, 2.45) is 11.8 Å². The topological polar surface area (TPSA) is 136 Å². The predicted molar refractivity (Wildman–Crippen MR) is 114 cm³/mol. The van der Waals surface area contributed by atoms with Gasteiger partial charge in [0.25, 0.3) is 0 Å². The number of allylic oxidation sites excluding steroid dienone is 2. The zero-order chi connectivity index (χ0) is 21.9. The van der Waals surface area contributed by atoms with Gasteiger partial charge in [-0.1, -0.05) is 47.7 Å². The number of tetrazole rings is 1. The minimum atomic E-state index is -0.779. The van der Waals surface area contributed by atoms with E-state index in [9.17, 15) is 15.4 Å². The second-order valence-electron chi connectivity index (χ2n) is 7.78. The molecule has 1 saturated carbocycles. The summed E-state index contributed by atoms with van der Waals surface area (Å²) in [4.78, 5) is 0. The molecule has 1 aliphatic rings. The van der Waals surface area contributed by atoms with E-state index in [4.69, 9.17) is 4.74 Å². The number of hydrogen-bond acceptors (Lipinski definition) is 8. The van der Waals surface area contributed by atoms with E-state index < -0.39 is 12.2 Å². The number of nitrogens with one attached hydrogen (secondary N) is 2. The van der Waals surface area contributed by atoms with Gasteiger partial charge in [0.05, 0.1) is 6.10 Å². The number of rotatable bonds is 12. The van der Waals surface area contributed by atoms with Crippen LogP contribution in [-0.2, 0) is 6.42 Å². The van der Waals surface area contributed by atoms with Crippen molar-refractivity contribution in [2.75, 3.05) is 6.61 Å². The van der Waals surface area contributed by atoms with Crippen LogP contribution in [0.5, 0.6) is 5.75 Å². The number of ether oxygens (including phenoxy) is 1. The largest absolute Gasteiger partial charge is 0.491 e. The first-order valence-electron chi connectivity index (χ1n) is 10.7. The molecule has 0 spiro atoms. The van der Waals surface area contributed by atoms with E-state index in [-0.39, 0.29) is 24.5 Å². The van der Waals surface area contributed by atoms with E-state index in [1.54, 1.807) is 6.08 Å². The minimum Gasteiger partial charge on any atom is -0.491 e. The van der Waals surface area contributed by atoms with Crippen molar-refractivity contribution in [2.45, 2.75) is 50.4 Å². The average Bonchev–Trinajstić information content (AvgIpc) is 3.41. The molecule has 9 heteroatoms. The highest BCUT2D eigenvalue weighted by Crippen LogP contribution is 2.36. The number of benzene rings is 1. The molecule has 3 unspecified atom stereocenters. The van der Waals surface area contributed by atoms with Gasteiger partial charge in [-0.2, -0.15) is 5.21 Å². The van der Waals surface area contributed by atoms with E-state index in [1.165, 1.54) is 0 Å². The van der Waals surface area contributed by atoms with Crippen molar-refractivity contribution in [3.8, 4) is 5.75 Å². The summed E-state index contributed by atoms with van der Waals surface area (Å²) in [5.41, 5.74) is 2.31. The summed E-state index contributed by atoms with van der Waals surface area (Å²) in [6, 6.07) is 9.06. The predicted octanol–water partition coefficient (Wildman–Crippen LogP) is 1.81. The van der Waals surface area contributed by atoms with Crippen LogP contribution in [0, 0.1) is 11.8 Å². The molecule has 2 aromatic rings. The summed E-state index contributed by atoms with van der Waals surface area (Å²) in [6.45, 7) is 0.137. The van der Waals surface area contributed by atoms with Crippen LogP contribution in [0.3, 0.4) is 0 Å². The number of aliphatic hydroxyl groups excluding tert-OH is 2. The summed E-state index contributed by atoms with van der Waals surface area (Å²) in [5, 5.41) is 44.1. The molecule has 3 rings (SSSR count). The number of aryl methyl sites for hydroxylation is 1. The molecule has 31 heavy (non-hydrogen) atoms. The van der Waals surface area contributed by atoms with Gasteiger partial charge >= 0.3 is 0 Å². The highest BCUT2D eigenvalue weighted by molar-refractivity contribution is 5.21. The minimum absolute atomic E-state index is 0.0448. The number of nitrogens with zero attached hydrogens (tertiary/aromatic N) is 3. The molecule has 1 heterocycles. The van der Waals surface area contributed by atoms with Crippen LogP contribution in [0.2, 0.25) is 0 Å². The Kier molecular flexibility index (Phi) is 9.16. The van der Waals surface area contributed by atoms with Crippen LogP contribution in [0.15, 0.2) is 54.6 Å². The summed E-state index contributed by atoms with van der Waals surface area (Å²) < 4.78 is 5.57. The number of H-pyrrole nitrogens is 1. The van der Waals surface area contributed by atoms with Gasteiger partial charge in [0.1, 0.15) is 18.5 Å². The summed E-state index contributed by atoms with van der Waals surface area (Å²) in [7, 11) is 0. The van der Waals surface area contributed by atoms with E-state index in [2.05, 4.69) is 38.3 Å². The lowest BCUT2D eigenvalue weighted by molar-refractivity contribution is 0.107. The van der Waals surface area contributed by atoms with Gasteiger partial charge < -0.3 is 20.2 Å². The number of aromatic amines is 1. The molecule has 5 atom stereocenters. The molecule has 0 aliphatic heterocycles. The zero-order valence-corrected chi connectivity index (χ0v) is 17.4. The Morgan fingerprint density at radius 2 is 2.10 bits per heavy atom. The standard InChI is InChI=1S/C22H31N5O4/c28-16(15-31-17-8-4-3-5-9-17)12-13-18-19(21(29)14-20(18)25-30)10-6-1-2-7-11-22-23-26-27-24-22/h1,3-6,8-9,12-13,16,18-21,25,28-30H,2,7,10-11,14-15H2,(H,23,24,26,27)/b6-1-,13-12+/t16?,18-,19?,20?,21+/m1/s1. The highest BCUT2D eigenvalue weighted by Gasteiger charge is 2.40. The fourth-order valence-corrected chi connectivity index (χ4v) is 3.92. The second kappa shape index (κ2) is 12.3. The molecule has 0 saturated heterocycles. The van der Waals surface area contributed by atoms with Crippen LogP contribution < -0.4 is 10.2 Å². The van der Waals surface area contributed by atoms with Crippen molar-refractivity contribution in [1.82, 2.24) is 26.1 Å². The van der Waals surface area contributed by atoms with Crippen molar-refractivity contribution >= 4 is 0 Å². The first-order chi connectivity index (χ1) is 15.2. The molecule has 1 fully saturated rings. The molecular formula is C22H31N5O4. The van der Waals surface area contributed by atoms with Crippen molar-refractivity contribution in [3.63, 3.8) is 0 Å². The van der Waals surface area contributed by atoms with E-state index in [0.717, 1.165) is 19.3 Å². The van der Waals surface area contributed by atoms with Crippen LogP contribution in [0.1, 0.15) is 31.5 Å². The summed E-state index contributed by atoms with van der Waals surface area (Å²) in [6.07, 6.45) is 10.1. The van der Waals surface area contributed by atoms with Gasteiger partial charge in [0.15, 0.2) is 5.82 Å². The third-order valence-electron chi connectivity index (χ3n) is 5.57. The number of unbranched alkanes of at least 4 members (excludes halogenated alkanes) is 1. The first kappa shape index (κ1) is 23.1. The second-order valence-corrected chi connectivity index (χ2v) is 7.78. The summed E-state index contributed by atoms with van der Waals surface area (Å²) in [5.74, 6) is 1.26. The van der Waals surface area contributed by atoms with Crippen LogP contribution in [0.25, 0.3) is 0 Å². The highest BCUT2D eigenvalue weighted by atomic mass is 16.5. The normalized spacial score (nSPS) is 24.9. The molecule has 9 nitrogen and oxygen atoms in total. The van der Waals surface area contributed by atoms with Gasteiger partial charge in [-0.3, -0.25) is 0 Å².